The van der Waals surface area contributed by atoms with Gasteiger partial charge in [-0.05, 0) is 50.2 Å². The largest absolute Gasteiger partial charge is 0.382 e. The summed E-state index contributed by atoms with van der Waals surface area (Å²) in [5.41, 5.74) is 4.36. The SMILES string of the molecule is Fc1cc(F)c(C2=NCC=C2c2ccc3ncc(NCCN4CCCCC4)cc3n2)cc1Cl. The number of rotatable bonds is 6. The smallest absolute Gasteiger partial charge is 0.144 e. The monoisotopic (exact) mass is 467 g/mol. The molecule has 0 unspecified atom stereocenters. The van der Waals surface area contributed by atoms with Crippen LogP contribution in [0.4, 0.5) is 14.5 Å². The van der Waals surface area contributed by atoms with E-state index in [4.69, 9.17) is 16.6 Å². The fourth-order valence-corrected chi connectivity index (χ4v) is 4.53. The zero-order valence-corrected chi connectivity index (χ0v) is 18.9. The molecule has 0 saturated carbocycles. The molecular formula is C25H24ClF2N5. The highest BCUT2D eigenvalue weighted by molar-refractivity contribution is 6.35. The van der Waals surface area contributed by atoms with Gasteiger partial charge in [0.05, 0.1) is 45.9 Å². The van der Waals surface area contributed by atoms with E-state index in [2.05, 4.69) is 20.2 Å². The van der Waals surface area contributed by atoms with Crippen molar-refractivity contribution in [1.82, 2.24) is 14.9 Å². The van der Waals surface area contributed by atoms with Crippen molar-refractivity contribution in [3.63, 3.8) is 0 Å². The Bertz CT molecular complexity index is 1250. The van der Waals surface area contributed by atoms with Crippen LogP contribution in [0.2, 0.25) is 5.02 Å². The predicted octanol–water partition coefficient (Wildman–Crippen LogP) is 5.35. The molecule has 1 aromatic carbocycles. The van der Waals surface area contributed by atoms with Crippen LogP contribution in [-0.4, -0.2) is 53.3 Å². The number of halogens is 3. The van der Waals surface area contributed by atoms with Gasteiger partial charge in [0.1, 0.15) is 11.6 Å². The first kappa shape index (κ1) is 21.9. The molecule has 1 saturated heterocycles. The maximum absolute atomic E-state index is 14.5. The van der Waals surface area contributed by atoms with E-state index in [0.717, 1.165) is 35.9 Å². The van der Waals surface area contributed by atoms with Crippen molar-refractivity contribution in [3.05, 3.63) is 70.5 Å². The first-order chi connectivity index (χ1) is 16.1. The maximum Gasteiger partial charge on any atom is 0.144 e. The van der Waals surface area contributed by atoms with Gasteiger partial charge in [0.15, 0.2) is 0 Å². The fraction of sp³-hybridized carbons (Fsp3) is 0.320. The number of allylic oxidation sites excluding steroid dienone is 1. The topological polar surface area (TPSA) is 53.4 Å². The van der Waals surface area contributed by atoms with E-state index in [1.54, 1.807) is 0 Å². The molecule has 0 radical (unpaired) electrons. The van der Waals surface area contributed by atoms with E-state index in [9.17, 15) is 8.78 Å². The van der Waals surface area contributed by atoms with Gasteiger partial charge in [-0.15, -0.1) is 0 Å². The number of nitrogens with one attached hydrogen (secondary N) is 1. The highest BCUT2D eigenvalue weighted by Crippen LogP contribution is 2.29. The van der Waals surface area contributed by atoms with Gasteiger partial charge in [-0.2, -0.15) is 0 Å². The van der Waals surface area contributed by atoms with E-state index < -0.39 is 11.6 Å². The summed E-state index contributed by atoms with van der Waals surface area (Å²) in [7, 11) is 0. The average Bonchev–Trinajstić information content (AvgIpc) is 3.31. The fourth-order valence-electron chi connectivity index (χ4n) is 4.36. The molecule has 0 aliphatic carbocycles. The lowest BCUT2D eigenvalue weighted by atomic mass is 9.99. The Morgan fingerprint density at radius 3 is 2.70 bits per heavy atom. The second-order valence-corrected chi connectivity index (χ2v) is 8.75. The molecule has 5 rings (SSSR count). The number of aromatic nitrogens is 2. The number of anilines is 1. The Kier molecular flexibility index (Phi) is 6.33. The second kappa shape index (κ2) is 9.53. The van der Waals surface area contributed by atoms with Gasteiger partial charge in [-0.25, -0.2) is 13.8 Å². The summed E-state index contributed by atoms with van der Waals surface area (Å²) in [6.07, 6.45) is 7.58. The quantitative estimate of drug-likeness (QED) is 0.497. The third-order valence-electron chi connectivity index (χ3n) is 6.08. The van der Waals surface area contributed by atoms with Crippen molar-refractivity contribution in [2.75, 3.05) is 38.0 Å². The minimum atomic E-state index is -0.794. The van der Waals surface area contributed by atoms with Crippen LogP contribution in [-0.2, 0) is 0 Å². The van der Waals surface area contributed by atoms with Crippen LogP contribution in [0.25, 0.3) is 16.6 Å². The Labute approximate surface area is 196 Å². The van der Waals surface area contributed by atoms with Crippen molar-refractivity contribution < 1.29 is 8.78 Å². The number of likely N-dealkylation sites (tertiary alicyclic amines) is 1. The lowest BCUT2D eigenvalue weighted by Gasteiger charge is -2.26. The summed E-state index contributed by atoms with van der Waals surface area (Å²) < 4.78 is 28.1. The van der Waals surface area contributed by atoms with Gasteiger partial charge in [-0.1, -0.05) is 24.1 Å². The number of hydrogen-bond donors (Lipinski definition) is 1. The van der Waals surface area contributed by atoms with Crippen molar-refractivity contribution in [2.45, 2.75) is 19.3 Å². The molecular weight excluding hydrogens is 444 g/mol. The molecule has 1 N–H and O–H groups in total. The first-order valence-corrected chi connectivity index (χ1v) is 11.6. The molecule has 3 aromatic rings. The number of fused-ring (bicyclic) bond motifs is 1. The number of benzene rings is 1. The van der Waals surface area contributed by atoms with E-state index in [1.165, 1.54) is 38.4 Å². The van der Waals surface area contributed by atoms with Crippen LogP contribution < -0.4 is 5.32 Å². The highest BCUT2D eigenvalue weighted by Gasteiger charge is 2.22. The predicted molar refractivity (Wildman–Crippen MR) is 129 cm³/mol. The average molecular weight is 468 g/mol. The van der Waals surface area contributed by atoms with Gasteiger partial charge < -0.3 is 10.2 Å². The van der Waals surface area contributed by atoms with E-state index in [-0.39, 0.29) is 10.6 Å². The Balaban J connectivity index is 1.36. The number of pyridine rings is 2. The normalized spacial score (nSPS) is 16.7. The zero-order chi connectivity index (χ0) is 22.8. The van der Waals surface area contributed by atoms with Gasteiger partial charge in [-0.3, -0.25) is 9.98 Å². The van der Waals surface area contributed by atoms with Crippen molar-refractivity contribution in [3.8, 4) is 0 Å². The molecule has 0 atom stereocenters. The highest BCUT2D eigenvalue weighted by atomic mass is 35.5. The zero-order valence-electron chi connectivity index (χ0n) is 18.1. The summed E-state index contributed by atoms with van der Waals surface area (Å²) in [5, 5.41) is 3.30. The van der Waals surface area contributed by atoms with E-state index in [1.807, 2.05) is 30.5 Å². The molecule has 2 aliphatic heterocycles. The molecule has 33 heavy (non-hydrogen) atoms. The standard InChI is InChI=1S/C25H24ClF2N5/c26-19-13-18(20(27)14-21(19)28)25-17(6-7-30-25)22-4-5-23-24(32-22)12-16(15-31-23)29-8-11-33-9-2-1-3-10-33/h4-6,12-15,29H,1-3,7-11H2. The van der Waals surface area contributed by atoms with Crippen LogP contribution >= 0.6 is 11.6 Å². The maximum atomic E-state index is 14.5. The third kappa shape index (κ3) is 4.75. The first-order valence-electron chi connectivity index (χ1n) is 11.2. The third-order valence-corrected chi connectivity index (χ3v) is 6.37. The summed E-state index contributed by atoms with van der Waals surface area (Å²) in [6.45, 7) is 4.58. The molecule has 1 fully saturated rings. The van der Waals surface area contributed by atoms with Gasteiger partial charge >= 0.3 is 0 Å². The molecule has 170 valence electrons. The molecule has 8 heteroatoms. The minimum absolute atomic E-state index is 0.142. The number of nitrogens with zero attached hydrogens (tertiary/aromatic N) is 4. The van der Waals surface area contributed by atoms with E-state index in [0.29, 0.717) is 23.5 Å². The second-order valence-electron chi connectivity index (χ2n) is 8.34. The van der Waals surface area contributed by atoms with Crippen LogP contribution in [0, 0.1) is 11.6 Å². The molecule has 5 nitrogen and oxygen atoms in total. The van der Waals surface area contributed by atoms with Crippen LogP contribution in [0.1, 0.15) is 30.5 Å². The Morgan fingerprint density at radius 2 is 1.85 bits per heavy atom. The Morgan fingerprint density at radius 1 is 1.00 bits per heavy atom. The van der Waals surface area contributed by atoms with Gasteiger partial charge in [0.2, 0.25) is 0 Å². The lowest BCUT2D eigenvalue weighted by Crippen LogP contribution is -2.33. The lowest BCUT2D eigenvalue weighted by molar-refractivity contribution is 0.237. The summed E-state index contributed by atoms with van der Waals surface area (Å²) >= 11 is 5.89. The molecule has 2 aromatic heterocycles. The van der Waals surface area contributed by atoms with Crippen LogP contribution in [0.15, 0.2) is 47.6 Å². The molecule has 4 heterocycles. The van der Waals surface area contributed by atoms with Gasteiger partial charge in [0.25, 0.3) is 0 Å². The molecule has 0 spiro atoms. The molecule has 0 amide bonds. The van der Waals surface area contributed by atoms with Crippen molar-refractivity contribution in [1.29, 1.82) is 0 Å². The van der Waals surface area contributed by atoms with Gasteiger partial charge in [0, 0.05) is 30.3 Å². The van der Waals surface area contributed by atoms with E-state index >= 15 is 0 Å². The Hall–Kier alpha value is -2.90. The number of hydrogen-bond acceptors (Lipinski definition) is 5. The van der Waals surface area contributed by atoms with Crippen LogP contribution in [0.5, 0.6) is 0 Å². The molecule has 0 bridgehead atoms. The summed E-state index contributed by atoms with van der Waals surface area (Å²) in [4.78, 5) is 16.2. The molecule has 2 aliphatic rings. The number of piperidine rings is 1. The van der Waals surface area contributed by atoms with Crippen molar-refractivity contribution >= 4 is 39.6 Å². The minimum Gasteiger partial charge on any atom is -0.382 e. The summed E-state index contributed by atoms with van der Waals surface area (Å²) in [5.74, 6) is -1.50. The summed E-state index contributed by atoms with van der Waals surface area (Å²) in [6, 6.07) is 7.77. The number of aliphatic imine (C=N–C) groups is 1. The van der Waals surface area contributed by atoms with Crippen molar-refractivity contribution in [2.24, 2.45) is 4.99 Å². The van der Waals surface area contributed by atoms with Crippen LogP contribution in [0.3, 0.4) is 0 Å².